The Morgan fingerprint density at radius 1 is 1.09 bits per heavy atom. The molecular weight excluding hydrogens is 454 g/mol. The lowest BCUT2D eigenvalue weighted by Gasteiger charge is -2.16. The normalized spacial score (nSPS) is 19.6. The van der Waals surface area contributed by atoms with Crippen molar-refractivity contribution in [3.05, 3.63) is 53.1 Å². The minimum Gasteiger partial charge on any atom is -0.376 e. The van der Waals surface area contributed by atoms with Gasteiger partial charge in [-0.1, -0.05) is 35.5 Å². The van der Waals surface area contributed by atoms with Crippen molar-refractivity contribution in [2.24, 2.45) is 0 Å². The van der Waals surface area contributed by atoms with Crippen molar-refractivity contribution in [1.82, 2.24) is 13.9 Å². The van der Waals surface area contributed by atoms with E-state index in [4.69, 9.17) is 9.72 Å². The molecule has 1 aromatic heterocycles. The fourth-order valence-electron chi connectivity index (χ4n) is 4.70. The highest BCUT2D eigenvalue weighted by Gasteiger charge is 2.28. The summed E-state index contributed by atoms with van der Waals surface area (Å²) in [6.07, 6.45) is 4.16. The summed E-state index contributed by atoms with van der Waals surface area (Å²) in [4.78, 5) is 5.25. The minimum atomic E-state index is -3.47. The van der Waals surface area contributed by atoms with Crippen LogP contribution < -0.4 is 0 Å². The molecule has 5 rings (SSSR count). The van der Waals surface area contributed by atoms with Gasteiger partial charge in [0.2, 0.25) is 10.0 Å². The molecular formula is C25H31N3O3S2. The number of ether oxygens (including phenoxy) is 1. The molecule has 0 amide bonds. The van der Waals surface area contributed by atoms with Crippen LogP contribution in [0.25, 0.3) is 11.0 Å². The first-order chi connectivity index (χ1) is 15.9. The largest absolute Gasteiger partial charge is 0.376 e. The average Bonchev–Trinajstić information content (AvgIpc) is 3.56. The molecule has 33 heavy (non-hydrogen) atoms. The molecule has 0 spiro atoms. The Hall–Kier alpha value is -1.87. The van der Waals surface area contributed by atoms with Gasteiger partial charge in [0.1, 0.15) is 0 Å². The van der Waals surface area contributed by atoms with Gasteiger partial charge >= 0.3 is 0 Å². The predicted octanol–water partition coefficient (Wildman–Crippen LogP) is 4.91. The Kier molecular flexibility index (Phi) is 6.53. The number of thioether (sulfide) groups is 1. The lowest BCUT2D eigenvalue weighted by atomic mass is 10.1. The van der Waals surface area contributed by atoms with Gasteiger partial charge in [-0.05, 0) is 68.9 Å². The van der Waals surface area contributed by atoms with Gasteiger partial charge < -0.3 is 9.30 Å². The van der Waals surface area contributed by atoms with E-state index in [9.17, 15) is 8.42 Å². The summed E-state index contributed by atoms with van der Waals surface area (Å²) >= 11 is 1.71. The van der Waals surface area contributed by atoms with Gasteiger partial charge in [-0.15, -0.1) is 0 Å². The quantitative estimate of drug-likeness (QED) is 0.445. The van der Waals surface area contributed by atoms with Crippen LogP contribution in [0.15, 0.2) is 46.5 Å². The summed E-state index contributed by atoms with van der Waals surface area (Å²) in [5.74, 6) is 0.821. The van der Waals surface area contributed by atoms with Crippen molar-refractivity contribution in [3.63, 3.8) is 0 Å². The molecule has 1 atom stereocenters. The zero-order chi connectivity index (χ0) is 23.0. The number of sulfonamides is 1. The fraction of sp³-hybridized carbons (Fsp3) is 0.480. The third-order valence-corrected chi connectivity index (χ3v) is 9.58. The van der Waals surface area contributed by atoms with E-state index in [0.29, 0.717) is 18.0 Å². The highest BCUT2D eigenvalue weighted by molar-refractivity contribution is 7.98. The van der Waals surface area contributed by atoms with Gasteiger partial charge in [-0.3, -0.25) is 0 Å². The number of hydrogen-bond acceptors (Lipinski definition) is 5. The molecule has 0 unspecified atom stereocenters. The number of nitrogens with zero attached hydrogens (tertiary/aromatic N) is 3. The lowest BCUT2D eigenvalue weighted by molar-refractivity contribution is 0.0960. The third-order valence-electron chi connectivity index (χ3n) is 6.66. The van der Waals surface area contributed by atoms with Crippen LogP contribution in [-0.4, -0.2) is 48.1 Å². The monoisotopic (exact) mass is 485 g/mol. The van der Waals surface area contributed by atoms with Crippen molar-refractivity contribution in [3.8, 4) is 0 Å². The van der Waals surface area contributed by atoms with Crippen molar-refractivity contribution >= 4 is 32.8 Å². The van der Waals surface area contributed by atoms with Crippen molar-refractivity contribution in [2.45, 2.75) is 68.0 Å². The van der Waals surface area contributed by atoms with Crippen LogP contribution in [0.1, 0.15) is 42.4 Å². The molecule has 2 aliphatic heterocycles. The first kappa shape index (κ1) is 22.9. The molecule has 0 radical (unpaired) electrons. The van der Waals surface area contributed by atoms with E-state index in [-0.39, 0.29) is 6.10 Å². The maximum absolute atomic E-state index is 13.1. The zero-order valence-electron chi connectivity index (χ0n) is 19.3. The van der Waals surface area contributed by atoms with Gasteiger partial charge in [-0.2, -0.15) is 4.31 Å². The Bertz CT molecular complexity index is 1260. The Morgan fingerprint density at radius 2 is 1.91 bits per heavy atom. The molecule has 2 aromatic carbocycles. The molecule has 0 saturated carbocycles. The molecule has 3 heterocycles. The molecule has 8 heteroatoms. The molecule has 176 valence electrons. The summed E-state index contributed by atoms with van der Waals surface area (Å²) in [6, 6.07) is 11.9. The van der Waals surface area contributed by atoms with Gasteiger partial charge in [0.15, 0.2) is 5.16 Å². The second-order valence-electron chi connectivity index (χ2n) is 9.12. The van der Waals surface area contributed by atoms with Gasteiger partial charge in [0, 0.05) is 25.4 Å². The molecule has 2 fully saturated rings. The minimum absolute atomic E-state index is 0.176. The van der Waals surface area contributed by atoms with Crippen molar-refractivity contribution in [2.75, 3.05) is 19.7 Å². The molecule has 2 aliphatic rings. The van der Waals surface area contributed by atoms with Crippen LogP contribution in [0.4, 0.5) is 0 Å². The van der Waals surface area contributed by atoms with Gasteiger partial charge in [-0.25, -0.2) is 13.4 Å². The number of aryl methyl sites for hydroxylation is 2. The summed E-state index contributed by atoms with van der Waals surface area (Å²) in [5.41, 5.74) is 5.52. The molecule has 0 N–H and O–H groups in total. The van der Waals surface area contributed by atoms with Crippen LogP contribution in [0.3, 0.4) is 0 Å². The Labute approximate surface area is 200 Å². The van der Waals surface area contributed by atoms with E-state index in [2.05, 4.69) is 36.6 Å². The van der Waals surface area contributed by atoms with Crippen LogP contribution >= 0.6 is 11.8 Å². The van der Waals surface area contributed by atoms with Crippen molar-refractivity contribution < 1.29 is 13.2 Å². The molecule has 3 aromatic rings. The number of imidazole rings is 1. The lowest BCUT2D eigenvalue weighted by Crippen LogP contribution is -2.27. The van der Waals surface area contributed by atoms with Crippen LogP contribution in [0.2, 0.25) is 0 Å². The predicted molar refractivity (Wildman–Crippen MR) is 132 cm³/mol. The van der Waals surface area contributed by atoms with E-state index < -0.39 is 10.0 Å². The summed E-state index contributed by atoms with van der Waals surface area (Å²) in [6.45, 7) is 7.00. The van der Waals surface area contributed by atoms with Gasteiger partial charge in [0.05, 0.1) is 28.6 Å². The van der Waals surface area contributed by atoms with E-state index in [1.54, 1.807) is 28.2 Å². The molecule has 0 bridgehead atoms. The van der Waals surface area contributed by atoms with Gasteiger partial charge in [0.25, 0.3) is 0 Å². The highest BCUT2D eigenvalue weighted by Crippen LogP contribution is 2.32. The summed E-state index contributed by atoms with van der Waals surface area (Å²) in [5, 5.41) is 0.914. The maximum Gasteiger partial charge on any atom is 0.243 e. The highest BCUT2D eigenvalue weighted by atomic mass is 32.2. The van der Waals surface area contributed by atoms with E-state index in [1.807, 2.05) is 6.07 Å². The second kappa shape index (κ2) is 9.41. The summed E-state index contributed by atoms with van der Waals surface area (Å²) in [7, 11) is -3.47. The maximum atomic E-state index is 13.1. The van der Waals surface area contributed by atoms with E-state index in [0.717, 1.165) is 60.8 Å². The first-order valence-electron chi connectivity index (χ1n) is 11.7. The average molecular weight is 486 g/mol. The van der Waals surface area contributed by atoms with Crippen LogP contribution in [-0.2, 0) is 27.1 Å². The number of rotatable bonds is 7. The molecule has 6 nitrogen and oxygen atoms in total. The Morgan fingerprint density at radius 3 is 2.67 bits per heavy atom. The Balaban J connectivity index is 1.49. The molecule has 2 saturated heterocycles. The smallest absolute Gasteiger partial charge is 0.243 e. The fourth-order valence-corrected chi connectivity index (χ4v) is 7.33. The topological polar surface area (TPSA) is 64.4 Å². The SMILES string of the molecule is Cc1ccc(C)c(CSc2nc3cc(S(=O)(=O)N4CCCC4)ccc3n2C[C@@H]2CCCO2)c1. The van der Waals surface area contributed by atoms with Crippen LogP contribution in [0, 0.1) is 13.8 Å². The molecule has 0 aliphatic carbocycles. The zero-order valence-corrected chi connectivity index (χ0v) is 20.9. The first-order valence-corrected chi connectivity index (χ1v) is 14.2. The number of hydrogen-bond donors (Lipinski definition) is 0. The number of aromatic nitrogens is 2. The number of fused-ring (bicyclic) bond motifs is 1. The summed E-state index contributed by atoms with van der Waals surface area (Å²) < 4.78 is 35.9. The third kappa shape index (κ3) is 4.71. The van der Waals surface area contributed by atoms with E-state index >= 15 is 0 Å². The second-order valence-corrected chi connectivity index (χ2v) is 12.0. The van der Waals surface area contributed by atoms with Crippen molar-refractivity contribution in [1.29, 1.82) is 0 Å². The van der Waals surface area contributed by atoms with Crippen LogP contribution in [0.5, 0.6) is 0 Å². The standard InChI is InChI=1S/C25H31N3O3S2/c1-18-7-8-19(2)20(14-18)17-32-25-26-23-15-22(33(29,30)27-11-3-4-12-27)9-10-24(23)28(25)16-21-6-5-13-31-21/h7-10,14-15,21H,3-6,11-13,16-17H2,1-2H3/t21-/m0/s1. The van der Waals surface area contributed by atoms with E-state index in [1.165, 1.54) is 16.7 Å². The number of benzene rings is 2.